The Kier molecular flexibility index (Phi) is 4.45. The number of rotatable bonds is 5. The molecule has 0 aliphatic carbocycles. The zero-order chi connectivity index (χ0) is 16.3. The molecule has 0 fully saturated rings. The summed E-state index contributed by atoms with van der Waals surface area (Å²) in [6.45, 7) is 3.59. The largest absolute Gasteiger partial charge is 0.497 e. The first-order chi connectivity index (χ1) is 10.4. The predicted molar refractivity (Wildman–Crippen MR) is 77.5 cm³/mol. The minimum atomic E-state index is -1.23. The average molecular weight is 304 g/mol. The van der Waals surface area contributed by atoms with Gasteiger partial charge in [-0.2, -0.15) is 5.10 Å². The molecule has 7 nitrogen and oxygen atoms in total. The molecule has 1 aromatic heterocycles. The normalized spacial score (nSPS) is 10.5. The maximum absolute atomic E-state index is 12.3. The number of carbonyl (C=O) groups excluding carboxylic acids is 1. The lowest BCUT2D eigenvalue weighted by Gasteiger charge is -2.11. The molecule has 0 aliphatic heterocycles. The van der Waals surface area contributed by atoms with E-state index in [4.69, 9.17) is 14.6 Å². The number of carboxylic acids is 1. The molecule has 2 aromatic rings. The lowest BCUT2D eigenvalue weighted by Crippen LogP contribution is -2.20. The summed E-state index contributed by atoms with van der Waals surface area (Å²) in [4.78, 5) is 23.5. The number of hydrogen-bond donors (Lipinski definition) is 1. The summed E-state index contributed by atoms with van der Waals surface area (Å²) < 4.78 is 11.6. The van der Waals surface area contributed by atoms with Crippen LogP contribution in [0.25, 0.3) is 0 Å². The van der Waals surface area contributed by atoms with Crippen LogP contribution in [0, 0.1) is 0 Å². The van der Waals surface area contributed by atoms with Crippen molar-refractivity contribution in [2.24, 2.45) is 0 Å². The number of carbonyl (C=O) groups is 2. The van der Waals surface area contributed by atoms with E-state index in [0.717, 1.165) is 6.20 Å². The van der Waals surface area contributed by atoms with E-state index < -0.39 is 11.9 Å². The number of methoxy groups -OCH3 is 1. The van der Waals surface area contributed by atoms with Gasteiger partial charge in [-0.25, -0.2) is 9.59 Å². The minimum absolute atomic E-state index is 0.0849. The molecule has 0 amide bonds. The smallest absolute Gasteiger partial charge is 0.362 e. The minimum Gasteiger partial charge on any atom is -0.497 e. The van der Waals surface area contributed by atoms with Crippen molar-refractivity contribution in [2.75, 3.05) is 7.11 Å². The zero-order valence-corrected chi connectivity index (χ0v) is 12.4. The molecule has 2 rings (SSSR count). The number of hydrogen-bond acceptors (Lipinski definition) is 5. The van der Waals surface area contributed by atoms with Gasteiger partial charge in [0.25, 0.3) is 0 Å². The Labute approximate surface area is 127 Å². The first kappa shape index (κ1) is 15.6. The molecule has 0 aliphatic rings. The van der Waals surface area contributed by atoms with Crippen LogP contribution in [-0.4, -0.2) is 33.9 Å². The summed E-state index contributed by atoms with van der Waals surface area (Å²) in [5.41, 5.74) is -0.273. The van der Waals surface area contributed by atoms with Crippen LogP contribution < -0.4 is 9.47 Å². The van der Waals surface area contributed by atoms with Gasteiger partial charge in [-0.15, -0.1) is 0 Å². The van der Waals surface area contributed by atoms with Crippen molar-refractivity contribution < 1.29 is 24.2 Å². The van der Waals surface area contributed by atoms with Gasteiger partial charge < -0.3 is 14.6 Å². The molecule has 22 heavy (non-hydrogen) atoms. The van der Waals surface area contributed by atoms with Gasteiger partial charge in [-0.1, -0.05) is 0 Å². The third kappa shape index (κ3) is 3.08. The summed E-state index contributed by atoms with van der Waals surface area (Å²) >= 11 is 0. The highest BCUT2D eigenvalue weighted by atomic mass is 16.5. The first-order valence-electron chi connectivity index (χ1n) is 6.61. The molecular formula is C15H16N2O5. The molecule has 0 saturated carbocycles. The van der Waals surface area contributed by atoms with Gasteiger partial charge in [-0.05, 0) is 38.1 Å². The van der Waals surface area contributed by atoms with Gasteiger partial charge in [-0.3, -0.25) is 4.68 Å². The van der Waals surface area contributed by atoms with Crippen molar-refractivity contribution in [1.29, 1.82) is 0 Å². The summed E-state index contributed by atoms with van der Waals surface area (Å²) in [5, 5.41) is 13.1. The highest BCUT2D eigenvalue weighted by Crippen LogP contribution is 2.20. The van der Waals surface area contributed by atoms with Crippen molar-refractivity contribution >= 4 is 11.9 Å². The maximum atomic E-state index is 12.3. The molecule has 0 spiro atoms. The van der Waals surface area contributed by atoms with E-state index in [1.807, 2.05) is 0 Å². The average Bonchev–Trinajstić information content (AvgIpc) is 2.93. The van der Waals surface area contributed by atoms with Crippen molar-refractivity contribution in [1.82, 2.24) is 9.78 Å². The first-order valence-corrected chi connectivity index (χ1v) is 6.61. The van der Waals surface area contributed by atoms with Crippen LogP contribution in [0.1, 0.15) is 40.7 Å². The second-order valence-electron chi connectivity index (χ2n) is 4.82. The fourth-order valence-electron chi connectivity index (χ4n) is 1.91. The SMILES string of the molecule is COc1ccc(OC(=O)c2c(C(=O)O)cnn2C(C)C)cc1. The molecular weight excluding hydrogens is 288 g/mol. The van der Waals surface area contributed by atoms with E-state index in [9.17, 15) is 9.59 Å². The molecule has 0 bridgehead atoms. The van der Waals surface area contributed by atoms with E-state index in [2.05, 4.69) is 5.10 Å². The van der Waals surface area contributed by atoms with Crippen LogP contribution >= 0.6 is 0 Å². The van der Waals surface area contributed by atoms with E-state index in [1.165, 1.54) is 11.8 Å². The van der Waals surface area contributed by atoms with Crippen LogP contribution in [0.3, 0.4) is 0 Å². The molecule has 0 atom stereocenters. The van der Waals surface area contributed by atoms with Gasteiger partial charge in [0.1, 0.15) is 17.1 Å². The predicted octanol–water partition coefficient (Wildman–Crippen LogP) is 2.39. The summed E-state index contributed by atoms with van der Waals surface area (Å²) in [6.07, 6.45) is 1.15. The number of nitrogens with zero attached hydrogens (tertiary/aromatic N) is 2. The van der Waals surface area contributed by atoms with Gasteiger partial charge in [0, 0.05) is 6.04 Å². The second-order valence-corrected chi connectivity index (χ2v) is 4.82. The number of aromatic nitrogens is 2. The number of aromatic carboxylic acids is 1. The number of ether oxygens (including phenoxy) is 2. The molecule has 1 N–H and O–H groups in total. The maximum Gasteiger partial charge on any atom is 0.362 e. The van der Waals surface area contributed by atoms with E-state index in [1.54, 1.807) is 38.1 Å². The highest BCUT2D eigenvalue weighted by molar-refractivity contribution is 6.01. The number of carboxylic acid groups (broad SMARTS) is 1. The molecule has 1 aromatic carbocycles. The summed E-state index contributed by atoms with van der Waals surface area (Å²) in [6, 6.07) is 6.23. The Hall–Kier alpha value is -2.83. The highest BCUT2D eigenvalue weighted by Gasteiger charge is 2.26. The fraction of sp³-hybridized carbons (Fsp3) is 0.267. The Bertz CT molecular complexity index is 688. The van der Waals surface area contributed by atoms with Gasteiger partial charge in [0.15, 0.2) is 5.69 Å². The molecule has 1 heterocycles. The van der Waals surface area contributed by atoms with Gasteiger partial charge in [0.05, 0.1) is 13.3 Å². The Morgan fingerprint density at radius 1 is 1.18 bits per heavy atom. The molecule has 0 radical (unpaired) electrons. The monoisotopic (exact) mass is 304 g/mol. The van der Waals surface area contributed by atoms with Crippen LogP contribution in [-0.2, 0) is 0 Å². The van der Waals surface area contributed by atoms with Crippen molar-refractivity contribution in [3.05, 3.63) is 41.7 Å². The van der Waals surface area contributed by atoms with Gasteiger partial charge >= 0.3 is 11.9 Å². The number of benzene rings is 1. The summed E-state index contributed by atoms with van der Waals surface area (Å²) in [7, 11) is 1.53. The third-order valence-electron chi connectivity index (χ3n) is 2.98. The zero-order valence-electron chi connectivity index (χ0n) is 12.4. The fourth-order valence-corrected chi connectivity index (χ4v) is 1.91. The molecule has 7 heteroatoms. The van der Waals surface area contributed by atoms with E-state index >= 15 is 0 Å². The van der Waals surface area contributed by atoms with Crippen LogP contribution in [0.15, 0.2) is 30.5 Å². The number of esters is 1. The summed E-state index contributed by atoms with van der Waals surface area (Å²) in [5.74, 6) is -1.08. The van der Waals surface area contributed by atoms with E-state index in [0.29, 0.717) is 11.5 Å². The topological polar surface area (TPSA) is 90.7 Å². The molecule has 0 saturated heterocycles. The Morgan fingerprint density at radius 3 is 2.27 bits per heavy atom. The quantitative estimate of drug-likeness (QED) is 0.673. The van der Waals surface area contributed by atoms with Crippen molar-refractivity contribution in [3.8, 4) is 11.5 Å². The van der Waals surface area contributed by atoms with Crippen LogP contribution in [0.2, 0.25) is 0 Å². The van der Waals surface area contributed by atoms with Crippen LogP contribution in [0.4, 0.5) is 0 Å². The Balaban J connectivity index is 2.31. The molecule has 0 unspecified atom stereocenters. The lowest BCUT2D eigenvalue weighted by atomic mass is 10.2. The third-order valence-corrected chi connectivity index (χ3v) is 2.98. The lowest BCUT2D eigenvalue weighted by molar-refractivity contribution is 0.0661. The second kappa shape index (κ2) is 6.30. The standard InChI is InChI=1S/C15H16N2O5/c1-9(2)17-13(12(8-16-17)14(18)19)15(20)22-11-6-4-10(21-3)5-7-11/h4-9H,1-3H3,(H,18,19). The van der Waals surface area contributed by atoms with E-state index in [-0.39, 0.29) is 17.3 Å². The van der Waals surface area contributed by atoms with Crippen LogP contribution in [0.5, 0.6) is 11.5 Å². The molecule has 116 valence electrons. The van der Waals surface area contributed by atoms with Crippen molar-refractivity contribution in [3.63, 3.8) is 0 Å². The van der Waals surface area contributed by atoms with Gasteiger partial charge in [0.2, 0.25) is 0 Å². The Morgan fingerprint density at radius 2 is 1.77 bits per heavy atom. The van der Waals surface area contributed by atoms with Crippen molar-refractivity contribution in [2.45, 2.75) is 19.9 Å².